The third kappa shape index (κ3) is 3.41. The molecule has 6 nitrogen and oxygen atoms in total. The standard InChI is InChI=1S/C14H18N2O4S/c17-16(18)13-3-1-2-11(8-13)9-15(12-4-5-12)14-6-7-21(19,20)10-14/h1-3,8,12,14H,4-7,9-10H2/t14-/m1/s1. The van der Waals surface area contributed by atoms with E-state index in [2.05, 4.69) is 4.90 Å². The second-order valence-corrected chi connectivity index (χ2v) is 8.12. The van der Waals surface area contributed by atoms with Crippen molar-refractivity contribution in [1.82, 2.24) is 4.90 Å². The molecule has 21 heavy (non-hydrogen) atoms. The van der Waals surface area contributed by atoms with E-state index in [1.807, 2.05) is 6.07 Å². The number of rotatable bonds is 5. The Kier molecular flexibility index (Phi) is 3.71. The smallest absolute Gasteiger partial charge is 0.269 e. The van der Waals surface area contributed by atoms with Crippen molar-refractivity contribution >= 4 is 15.5 Å². The van der Waals surface area contributed by atoms with Crippen LogP contribution in [0.4, 0.5) is 5.69 Å². The summed E-state index contributed by atoms with van der Waals surface area (Å²) in [6, 6.07) is 7.10. The summed E-state index contributed by atoms with van der Waals surface area (Å²) in [5.74, 6) is 0.480. The van der Waals surface area contributed by atoms with Gasteiger partial charge in [-0.15, -0.1) is 0 Å². The van der Waals surface area contributed by atoms with Gasteiger partial charge in [-0.2, -0.15) is 0 Å². The molecule has 1 aromatic rings. The molecule has 1 aliphatic carbocycles. The summed E-state index contributed by atoms with van der Waals surface area (Å²) >= 11 is 0. The molecule has 1 saturated carbocycles. The van der Waals surface area contributed by atoms with Gasteiger partial charge < -0.3 is 0 Å². The van der Waals surface area contributed by atoms with E-state index in [-0.39, 0.29) is 23.2 Å². The van der Waals surface area contributed by atoms with Gasteiger partial charge in [0.15, 0.2) is 9.84 Å². The Morgan fingerprint density at radius 2 is 2.00 bits per heavy atom. The number of nitrogens with zero attached hydrogens (tertiary/aromatic N) is 2. The minimum Gasteiger partial charge on any atom is -0.292 e. The Labute approximate surface area is 123 Å². The van der Waals surface area contributed by atoms with Gasteiger partial charge in [0, 0.05) is 30.8 Å². The summed E-state index contributed by atoms with van der Waals surface area (Å²) in [6.45, 7) is 0.590. The van der Waals surface area contributed by atoms with Crippen molar-refractivity contribution < 1.29 is 13.3 Å². The predicted octanol–water partition coefficient (Wildman–Crippen LogP) is 1.75. The van der Waals surface area contributed by atoms with Crippen LogP contribution in [0.2, 0.25) is 0 Å². The topological polar surface area (TPSA) is 80.5 Å². The molecule has 7 heteroatoms. The van der Waals surface area contributed by atoms with Gasteiger partial charge in [0.1, 0.15) is 0 Å². The first-order valence-electron chi connectivity index (χ1n) is 7.14. The zero-order chi connectivity index (χ0) is 15.0. The first-order chi connectivity index (χ1) is 9.94. The van der Waals surface area contributed by atoms with Gasteiger partial charge in [0.05, 0.1) is 16.4 Å². The van der Waals surface area contributed by atoms with Crippen molar-refractivity contribution in [3.8, 4) is 0 Å². The van der Waals surface area contributed by atoms with Crippen LogP contribution in [0, 0.1) is 10.1 Å². The van der Waals surface area contributed by atoms with Crippen LogP contribution in [-0.4, -0.2) is 41.8 Å². The summed E-state index contributed by atoms with van der Waals surface area (Å²) in [5, 5.41) is 10.8. The molecule has 0 radical (unpaired) electrons. The Morgan fingerprint density at radius 3 is 2.57 bits per heavy atom. The van der Waals surface area contributed by atoms with Gasteiger partial charge >= 0.3 is 0 Å². The van der Waals surface area contributed by atoms with E-state index in [4.69, 9.17) is 0 Å². The molecule has 2 aliphatic rings. The van der Waals surface area contributed by atoms with Crippen molar-refractivity contribution in [2.75, 3.05) is 11.5 Å². The maximum atomic E-state index is 11.7. The molecule has 0 aromatic heterocycles. The molecule has 0 spiro atoms. The Bertz CT molecular complexity index is 655. The summed E-state index contributed by atoms with van der Waals surface area (Å²) in [6.07, 6.45) is 2.85. The fraction of sp³-hybridized carbons (Fsp3) is 0.571. The maximum absolute atomic E-state index is 11.7. The van der Waals surface area contributed by atoms with Crippen molar-refractivity contribution in [2.24, 2.45) is 0 Å². The van der Waals surface area contributed by atoms with Crippen LogP contribution < -0.4 is 0 Å². The molecule has 1 aromatic carbocycles. The van der Waals surface area contributed by atoms with E-state index in [1.54, 1.807) is 12.1 Å². The zero-order valence-corrected chi connectivity index (χ0v) is 12.5. The minimum atomic E-state index is -2.91. The quantitative estimate of drug-likeness (QED) is 0.611. The van der Waals surface area contributed by atoms with Crippen LogP contribution in [0.5, 0.6) is 0 Å². The second-order valence-electron chi connectivity index (χ2n) is 5.89. The molecule has 0 N–H and O–H groups in total. The highest BCUT2D eigenvalue weighted by molar-refractivity contribution is 7.91. The molecular weight excluding hydrogens is 292 g/mol. The zero-order valence-electron chi connectivity index (χ0n) is 11.6. The molecule has 0 unspecified atom stereocenters. The second kappa shape index (κ2) is 5.38. The molecule has 1 atom stereocenters. The van der Waals surface area contributed by atoms with Gasteiger partial charge in [-0.05, 0) is 24.8 Å². The van der Waals surface area contributed by atoms with Crippen LogP contribution in [0.3, 0.4) is 0 Å². The van der Waals surface area contributed by atoms with E-state index in [0.29, 0.717) is 19.0 Å². The van der Waals surface area contributed by atoms with Crippen molar-refractivity contribution in [1.29, 1.82) is 0 Å². The Balaban J connectivity index is 1.77. The van der Waals surface area contributed by atoms with E-state index >= 15 is 0 Å². The number of hydrogen-bond donors (Lipinski definition) is 0. The summed E-state index contributed by atoms with van der Waals surface area (Å²) in [4.78, 5) is 12.7. The first-order valence-corrected chi connectivity index (χ1v) is 8.96. The number of non-ortho nitro benzene ring substituents is 1. The Morgan fingerprint density at radius 1 is 1.24 bits per heavy atom. The normalized spacial score (nSPS) is 24.3. The highest BCUT2D eigenvalue weighted by atomic mass is 32.2. The number of benzene rings is 1. The first kappa shape index (κ1) is 14.5. The summed E-state index contributed by atoms with van der Waals surface area (Å²) in [7, 11) is -2.91. The molecule has 3 rings (SSSR count). The van der Waals surface area contributed by atoms with Gasteiger partial charge in [-0.25, -0.2) is 8.42 Å². The van der Waals surface area contributed by atoms with Crippen LogP contribution in [0.25, 0.3) is 0 Å². The van der Waals surface area contributed by atoms with Crippen LogP contribution in [0.15, 0.2) is 24.3 Å². The number of sulfone groups is 1. The Hall–Kier alpha value is -1.47. The molecule has 1 heterocycles. The molecule has 0 amide bonds. The van der Waals surface area contributed by atoms with Gasteiger partial charge in [0.2, 0.25) is 0 Å². The number of hydrogen-bond acceptors (Lipinski definition) is 5. The SMILES string of the molecule is O=[N+]([O-])c1cccc(CN(C2CC2)[C@@H]2CCS(=O)(=O)C2)c1. The number of nitro benzene ring substituents is 1. The predicted molar refractivity (Wildman–Crippen MR) is 78.7 cm³/mol. The summed E-state index contributed by atoms with van der Waals surface area (Å²) < 4.78 is 23.3. The van der Waals surface area contributed by atoms with Crippen LogP contribution >= 0.6 is 0 Å². The highest BCUT2D eigenvalue weighted by Crippen LogP contribution is 2.33. The largest absolute Gasteiger partial charge is 0.292 e. The summed E-state index contributed by atoms with van der Waals surface area (Å²) in [5.41, 5.74) is 0.961. The van der Waals surface area contributed by atoms with Crippen molar-refractivity contribution in [3.05, 3.63) is 39.9 Å². The average Bonchev–Trinajstić information content (AvgIpc) is 3.20. The van der Waals surface area contributed by atoms with Crippen LogP contribution in [0.1, 0.15) is 24.8 Å². The van der Waals surface area contributed by atoms with E-state index in [1.165, 1.54) is 6.07 Å². The maximum Gasteiger partial charge on any atom is 0.269 e. The van der Waals surface area contributed by atoms with Gasteiger partial charge in [-0.3, -0.25) is 15.0 Å². The van der Waals surface area contributed by atoms with Crippen LogP contribution in [-0.2, 0) is 16.4 Å². The highest BCUT2D eigenvalue weighted by Gasteiger charge is 2.39. The lowest BCUT2D eigenvalue weighted by atomic mass is 10.1. The molecule has 2 fully saturated rings. The fourth-order valence-electron chi connectivity index (χ4n) is 2.98. The minimum absolute atomic E-state index is 0.0572. The van der Waals surface area contributed by atoms with E-state index < -0.39 is 14.8 Å². The molecule has 1 saturated heterocycles. The molecule has 114 valence electrons. The lowest BCUT2D eigenvalue weighted by Crippen LogP contribution is -2.37. The van der Waals surface area contributed by atoms with Crippen molar-refractivity contribution in [3.63, 3.8) is 0 Å². The number of nitro groups is 1. The van der Waals surface area contributed by atoms with Gasteiger partial charge in [0.25, 0.3) is 5.69 Å². The molecular formula is C14H18N2O4S. The van der Waals surface area contributed by atoms with Crippen molar-refractivity contribution in [2.45, 2.75) is 37.9 Å². The average molecular weight is 310 g/mol. The van der Waals surface area contributed by atoms with Gasteiger partial charge in [-0.1, -0.05) is 12.1 Å². The fourth-order valence-corrected chi connectivity index (χ4v) is 4.72. The third-order valence-electron chi connectivity index (χ3n) is 4.18. The lowest BCUT2D eigenvalue weighted by molar-refractivity contribution is -0.384. The molecule has 1 aliphatic heterocycles. The van der Waals surface area contributed by atoms with E-state index in [9.17, 15) is 18.5 Å². The van der Waals surface area contributed by atoms with E-state index in [0.717, 1.165) is 18.4 Å². The molecule has 0 bridgehead atoms. The monoisotopic (exact) mass is 310 g/mol. The lowest BCUT2D eigenvalue weighted by Gasteiger charge is -2.28. The third-order valence-corrected chi connectivity index (χ3v) is 5.93.